The maximum atomic E-state index is 11.5. The zero-order valence-corrected chi connectivity index (χ0v) is 10.8. The molecule has 1 unspecified atom stereocenters. The number of carbonyl (C=O) groups is 1. The normalized spacial score (nSPS) is 36.7. The fourth-order valence-electron chi connectivity index (χ4n) is 2.53. The molecule has 1 amide bonds. The van der Waals surface area contributed by atoms with Crippen LogP contribution >= 0.6 is 0 Å². The number of amides is 1. The van der Waals surface area contributed by atoms with Crippen LogP contribution in [0.5, 0.6) is 0 Å². The predicted molar refractivity (Wildman–Crippen MR) is 63.7 cm³/mol. The van der Waals surface area contributed by atoms with Crippen LogP contribution in [0, 0.1) is 0 Å². The fraction of sp³-hybridized carbons (Fsp3) is 0.917. The molecule has 1 spiro atoms. The first kappa shape index (κ1) is 12.6. The number of nitrogens with two attached hydrogens (primary N) is 1. The van der Waals surface area contributed by atoms with Gasteiger partial charge < -0.3 is 20.5 Å². The molecule has 0 aromatic heterocycles. The number of rotatable bonds is 1. The Labute approximate surface area is 102 Å². The monoisotopic (exact) mass is 242 g/mol. The molecule has 1 saturated heterocycles. The fourth-order valence-corrected chi connectivity index (χ4v) is 2.53. The molecule has 0 aromatic rings. The van der Waals surface area contributed by atoms with Gasteiger partial charge in [-0.25, -0.2) is 4.79 Å². The summed E-state index contributed by atoms with van der Waals surface area (Å²) in [6.45, 7) is 6.29. The first-order valence-electron chi connectivity index (χ1n) is 6.20. The summed E-state index contributed by atoms with van der Waals surface area (Å²) in [5.41, 5.74) is 5.37. The first-order chi connectivity index (χ1) is 7.81. The lowest BCUT2D eigenvalue weighted by atomic mass is 9.71. The molecule has 2 fully saturated rings. The highest BCUT2D eigenvalue weighted by Gasteiger charge is 2.53. The number of ether oxygens (including phenoxy) is 2. The quantitative estimate of drug-likeness (QED) is 0.723. The van der Waals surface area contributed by atoms with E-state index in [0.29, 0.717) is 0 Å². The molecule has 1 saturated carbocycles. The molecule has 3 N–H and O–H groups in total. The Morgan fingerprint density at radius 3 is 2.59 bits per heavy atom. The number of hydrogen-bond acceptors (Lipinski definition) is 4. The van der Waals surface area contributed by atoms with Gasteiger partial charge in [-0.05, 0) is 40.0 Å². The number of carbonyl (C=O) groups excluding carboxylic acids is 1. The molecule has 2 aliphatic rings. The lowest BCUT2D eigenvalue weighted by Crippen LogP contribution is -2.61. The van der Waals surface area contributed by atoms with Gasteiger partial charge in [0, 0.05) is 18.7 Å². The van der Waals surface area contributed by atoms with Crippen molar-refractivity contribution in [3.05, 3.63) is 0 Å². The van der Waals surface area contributed by atoms with Crippen molar-refractivity contribution in [2.24, 2.45) is 5.73 Å². The maximum Gasteiger partial charge on any atom is 0.407 e. The maximum absolute atomic E-state index is 11.5. The summed E-state index contributed by atoms with van der Waals surface area (Å²) in [5, 5.41) is 2.85. The van der Waals surface area contributed by atoms with Gasteiger partial charge in [-0.1, -0.05) is 0 Å². The van der Waals surface area contributed by atoms with Gasteiger partial charge in [0.2, 0.25) is 0 Å². The second-order valence-corrected chi connectivity index (χ2v) is 6.06. The second-order valence-electron chi connectivity index (χ2n) is 6.06. The van der Waals surface area contributed by atoms with Gasteiger partial charge in [-0.15, -0.1) is 0 Å². The van der Waals surface area contributed by atoms with Gasteiger partial charge in [-0.3, -0.25) is 0 Å². The summed E-state index contributed by atoms with van der Waals surface area (Å²) in [4.78, 5) is 11.5. The third-order valence-electron chi connectivity index (χ3n) is 3.40. The van der Waals surface area contributed by atoms with Gasteiger partial charge in [0.05, 0.1) is 5.60 Å². The van der Waals surface area contributed by atoms with Crippen molar-refractivity contribution >= 4 is 6.09 Å². The van der Waals surface area contributed by atoms with Gasteiger partial charge in [0.25, 0.3) is 0 Å². The summed E-state index contributed by atoms with van der Waals surface area (Å²) in [7, 11) is 0. The summed E-state index contributed by atoms with van der Waals surface area (Å²) in [6, 6.07) is 0.244. The lowest BCUT2D eigenvalue weighted by molar-refractivity contribution is -0.0831. The molecule has 2 rings (SSSR count). The molecule has 0 radical (unpaired) electrons. The van der Waals surface area contributed by atoms with E-state index in [1.807, 2.05) is 20.8 Å². The zero-order chi connectivity index (χ0) is 12.7. The standard InChI is InChI=1S/C12H22N2O3/c1-11(2,3)17-10(15)14-8-6-12(7-8)9(13)4-5-16-12/h8-9H,4-7,13H2,1-3H3,(H,14,15). The summed E-state index contributed by atoms with van der Waals surface area (Å²) in [5.74, 6) is 0. The minimum atomic E-state index is -0.453. The third-order valence-corrected chi connectivity index (χ3v) is 3.40. The van der Waals surface area contributed by atoms with Crippen LogP contribution in [-0.2, 0) is 9.47 Å². The molecule has 5 heteroatoms. The van der Waals surface area contributed by atoms with E-state index < -0.39 is 5.60 Å². The number of hydrogen-bond donors (Lipinski definition) is 2. The van der Waals surface area contributed by atoms with E-state index in [1.54, 1.807) is 0 Å². The van der Waals surface area contributed by atoms with Crippen molar-refractivity contribution in [1.29, 1.82) is 0 Å². The van der Waals surface area contributed by atoms with E-state index in [-0.39, 0.29) is 23.8 Å². The average Bonchev–Trinajstić information content (AvgIpc) is 2.43. The number of nitrogens with one attached hydrogen (secondary N) is 1. The smallest absolute Gasteiger partial charge is 0.407 e. The molecule has 98 valence electrons. The van der Waals surface area contributed by atoms with Crippen molar-refractivity contribution in [1.82, 2.24) is 5.32 Å². The van der Waals surface area contributed by atoms with E-state index in [0.717, 1.165) is 25.9 Å². The van der Waals surface area contributed by atoms with Crippen LogP contribution in [0.15, 0.2) is 0 Å². The van der Waals surface area contributed by atoms with Gasteiger partial charge >= 0.3 is 6.09 Å². The van der Waals surface area contributed by atoms with Crippen LogP contribution in [-0.4, -0.2) is 36.0 Å². The Kier molecular flexibility index (Phi) is 3.08. The van der Waals surface area contributed by atoms with Gasteiger partial charge in [0.1, 0.15) is 5.60 Å². The van der Waals surface area contributed by atoms with E-state index >= 15 is 0 Å². The van der Waals surface area contributed by atoms with Crippen molar-refractivity contribution < 1.29 is 14.3 Å². The molecule has 1 atom stereocenters. The molecular weight excluding hydrogens is 220 g/mol. The Morgan fingerprint density at radius 1 is 1.47 bits per heavy atom. The molecular formula is C12H22N2O3. The van der Waals surface area contributed by atoms with E-state index in [4.69, 9.17) is 15.2 Å². The SMILES string of the molecule is CC(C)(C)OC(=O)NC1CC2(C1)OCCC2N. The van der Waals surface area contributed by atoms with Crippen LogP contribution in [0.2, 0.25) is 0 Å². The predicted octanol–water partition coefficient (Wildman–Crippen LogP) is 1.16. The molecule has 0 bridgehead atoms. The Balaban J connectivity index is 1.75. The van der Waals surface area contributed by atoms with Crippen molar-refractivity contribution in [3.8, 4) is 0 Å². The van der Waals surface area contributed by atoms with Crippen LogP contribution < -0.4 is 11.1 Å². The van der Waals surface area contributed by atoms with Gasteiger partial charge in [-0.2, -0.15) is 0 Å². The van der Waals surface area contributed by atoms with Crippen LogP contribution in [0.4, 0.5) is 4.79 Å². The highest BCUT2D eigenvalue weighted by atomic mass is 16.6. The second kappa shape index (κ2) is 4.14. The molecule has 1 aliphatic heterocycles. The number of alkyl carbamates (subject to hydrolysis) is 1. The lowest BCUT2D eigenvalue weighted by Gasteiger charge is -2.46. The minimum absolute atomic E-state index is 0.110. The third kappa shape index (κ3) is 2.72. The van der Waals surface area contributed by atoms with Crippen molar-refractivity contribution in [2.45, 2.75) is 63.3 Å². The minimum Gasteiger partial charge on any atom is -0.444 e. The highest BCUT2D eigenvalue weighted by Crippen LogP contribution is 2.42. The first-order valence-corrected chi connectivity index (χ1v) is 6.20. The van der Waals surface area contributed by atoms with E-state index in [2.05, 4.69) is 5.32 Å². The highest BCUT2D eigenvalue weighted by molar-refractivity contribution is 5.68. The van der Waals surface area contributed by atoms with Crippen molar-refractivity contribution in [2.75, 3.05) is 6.61 Å². The molecule has 1 heterocycles. The van der Waals surface area contributed by atoms with Crippen LogP contribution in [0.1, 0.15) is 40.0 Å². The molecule has 1 aliphatic carbocycles. The molecule has 0 aromatic carbocycles. The Bertz CT molecular complexity index is 305. The Hall–Kier alpha value is -0.810. The molecule has 5 nitrogen and oxygen atoms in total. The van der Waals surface area contributed by atoms with Crippen LogP contribution in [0.3, 0.4) is 0 Å². The van der Waals surface area contributed by atoms with Crippen molar-refractivity contribution in [3.63, 3.8) is 0 Å². The van der Waals surface area contributed by atoms with Crippen LogP contribution in [0.25, 0.3) is 0 Å². The average molecular weight is 242 g/mol. The summed E-state index contributed by atoms with van der Waals surface area (Å²) >= 11 is 0. The Morgan fingerprint density at radius 2 is 2.12 bits per heavy atom. The van der Waals surface area contributed by atoms with E-state index in [1.165, 1.54) is 0 Å². The van der Waals surface area contributed by atoms with E-state index in [9.17, 15) is 4.79 Å². The molecule has 17 heavy (non-hydrogen) atoms. The largest absolute Gasteiger partial charge is 0.444 e. The summed E-state index contributed by atoms with van der Waals surface area (Å²) < 4.78 is 10.9. The topological polar surface area (TPSA) is 73.6 Å². The summed E-state index contributed by atoms with van der Waals surface area (Å²) in [6.07, 6.45) is 2.16. The zero-order valence-electron chi connectivity index (χ0n) is 10.8. The van der Waals surface area contributed by atoms with Gasteiger partial charge in [0.15, 0.2) is 0 Å².